The molecule has 5 nitrogen and oxygen atoms in total. The molecule has 0 spiro atoms. The maximum atomic E-state index is 13.1. The van der Waals surface area contributed by atoms with Gasteiger partial charge in [0.25, 0.3) is 0 Å². The van der Waals surface area contributed by atoms with Gasteiger partial charge in [-0.25, -0.2) is 0 Å². The van der Waals surface area contributed by atoms with Gasteiger partial charge in [0.05, 0.1) is 6.04 Å². The summed E-state index contributed by atoms with van der Waals surface area (Å²) in [6.07, 6.45) is 0. The predicted octanol–water partition coefficient (Wildman–Crippen LogP) is 2.85. The lowest BCUT2D eigenvalue weighted by atomic mass is 10.1. The van der Waals surface area contributed by atoms with Crippen molar-refractivity contribution in [2.24, 2.45) is 0 Å². The standard InChI is InChI=1S/C25H34N4O/c1-21-7-6-10-24(19-21)28-17-15-27(16-18-28)22(2)25(30)29-13-11-26(12-14-29)20-23-8-4-3-5-9-23/h3-10,19,22H,11-18,20H2,1-2H3. The minimum atomic E-state index is -0.0367. The molecule has 1 amide bonds. The number of aryl methyl sites for hydroxylation is 1. The van der Waals surface area contributed by atoms with E-state index in [4.69, 9.17) is 0 Å². The van der Waals surface area contributed by atoms with Crippen molar-refractivity contribution >= 4 is 11.6 Å². The summed E-state index contributed by atoms with van der Waals surface area (Å²) in [5, 5.41) is 0. The van der Waals surface area contributed by atoms with Crippen LogP contribution in [0.3, 0.4) is 0 Å². The Kier molecular flexibility index (Phi) is 6.70. The van der Waals surface area contributed by atoms with E-state index in [0.29, 0.717) is 5.91 Å². The molecule has 0 aliphatic carbocycles. The summed E-state index contributed by atoms with van der Waals surface area (Å²) in [4.78, 5) is 22.4. The highest BCUT2D eigenvalue weighted by molar-refractivity contribution is 5.81. The van der Waals surface area contributed by atoms with Crippen LogP contribution >= 0.6 is 0 Å². The van der Waals surface area contributed by atoms with Gasteiger partial charge < -0.3 is 9.80 Å². The van der Waals surface area contributed by atoms with Crippen molar-refractivity contribution in [1.29, 1.82) is 0 Å². The van der Waals surface area contributed by atoms with Gasteiger partial charge in [0.15, 0.2) is 0 Å². The van der Waals surface area contributed by atoms with Crippen molar-refractivity contribution in [2.75, 3.05) is 57.3 Å². The second kappa shape index (κ2) is 9.63. The van der Waals surface area contributed by atoms with Gasteiger partial charge in [0.1, 0.15) is 0 Å². The van der Waals surface area contributed by atoms with Crippen molar-refractivity contribution < 1.29 is 4.79 Å². The summed E-state index contributed by atoms with van der Waals surface area (Å²) >= 11 is 0. The Hall–Kier alpha value is -2.37. The lowest BCUT2D eigenvalue weighted by molar-refractivity contribution is -0.138. The van der Waals surface area contributed by atoms with Gasteiger partial charge in [-0.1, -0.05) is 42.5 Å². The topological polar surface area (TPSA) is 30.0 Å². The first-order valence-electron chi connectivity index (χ1n) is 11.2. The molecule has 1 atom stereocenters. The normalized spacial score (nSPS) is 19.7. The fourth-order valence-electron chi connectivity index (χ4n) is 4.58. The minimum absolute atomic E-state index is 0.0367. The number of rotatable bonds is 5. The summed E-state index contributed by atoms with van der Waals surface area (Å²) < 4.78 is 0. The monoisotopic (exact) mass is 406 g/mol. The van der Waals surface area contributed by atoms with Gasteiger partial charge >= 0.3 is 0 Å². The molecular weight excluding hydrogens is 372 g/mol. The Morgan fingerprint density at radius 2 is 1.57 bits per heavy atom. The smallest absolute Gasteiger partial charge is 0.239 e. The second-order valence-electron chi connectivity index (χ2n) is 8.63. The van der Waals surface area contributed by atoms with E-state index in [2.05, 4.69) is 88.0 Å². The number of amides is 1. The molecule has 2 heterocycles. The Bertz CT molecular complexity index is 824. The molecule has 1 unspecified atom stereocenters. The van der Waals surface area contributed by atoms with Gasteiger partial charge in [0, 0.05) is 64.6 Å². The Morgan fingerprint density at radius 1 is 0.867 bits per heavy atom. The molecule has 160 valence electrons. The van der Waals surface area contributed by atoms with Crippen LogP contribution in [0.15, 0.2) is 54.6 Å². The fourth-order valence-corrected chi connectivity index (χ4v) is 4.58. The third-order valence-corrected chi connectivity index (χ3v) is 6.52. The van der Waals surface area contributed by atoms with Crippen LogP contribution in [0.25, 0.3) is 0 Å². The molecule has 0 bridgehead atoms. The highest BCUT2D eigenvalue weighted by Crippen LogP contribution is 2.19. The van der Waals surface area contributed by atoms with E-state index < -0.39 is 0 Å². The molecule has 0 N–H and O–H groups in total. The van der Waals surface area contributed by atoms with Crippen molar-refractivity contribution in [3.63, 3.8) is 0 Å². The molecule has 0 radical (unpaired) electrons. The van der Waals surface area contributed by atoms with Gasteiger partial charge in [-0.2, -0.15) is 0 Å². The quantitative estimate of drug-likeness (QED) is 0.764. The molecule has 2 aromatic carbocycles. The highest BCUT2D eigenvalue weighted by atomic mass is 16.2. The van der Waals surface area contributed by atoms with Gasteiger partial charge in [-0.15, -0.1) is 0 Å². The zero-order valence-corrected chi connectivity index (χ0v) is 18.3. The lowest BCUT2D eigenvalue weighted by Gasteiger charge is -2.41. The Labute approximate surface area is 180 Å². The molecule has 2 aliphatic rings. The van der Waals surface area contributed by atoms with Crippen LogP contribution in [0.1, 0.15) is 18.1 Å². The number of anilines is 1. The van der Waals surface area contributed by atoms with Crippen LogP contribution in [0, 0.1) is 6.92 Å². The number of carbonyl (C=O) groups excluding carboxylic acids is 1. The van der Waals surface area contributed by atoms with E-state index in [1.54, 1.807) is 0 Å². The number of nitrogens with zero attached hydrogens (tertiary/aromatic N) is 4. The molecular formula is C25H34N4O. The van der Waals surface area contributed by atoms with E-state index in [1.807, 2.05) is 0 Å². The molecule has 0 aromatic heterocycles. The van der Waals surface area contributed by atoms with E-state index in [0.717, 1.165) is 58.9 Å². The van der Waals surface area contributed by atoms with Crippen molar-refractivity contribution in [1.82, 2.24) is 14.7 Å². The van der Waals surface area contributed by atoms with Crippen LogP contribution in [0.4, 0.5) is 5.69 Å². The first-order valence-corrected chi connectivity index (χ1v) is 11.2. The molecule has 2 aliphatic heterocycles. The average Bonchev–Trinajstić information content (AvgIpc) is 2.79. The molecule has 30 heavy (non-hydrogen) atoms. The molecule has 0 saturated carbocycles. The maximum Gasteiger partial charge on any atom is 0.239 e. The van der Waals surface area contributed by atoms with Crippen molar-refractivity contribution in [3.8, 4) is 0 Å². The first kappa shape index (κ1) is 20.9. The van der Waals surface area contributed by atoms with E-state index in [1.165, 1.54) is 16.8 Å². The second-order valence-corrected chi connectivity index (χ2v) is 8.63. The zero-order valence-electron chi connectivity index (χ0n) is 18.3. The third-order valence-electron chi connectivity index (χ3n) is 6.52. The van der Waals surface area contributed by atoms with Crippen LogP contribution < -0.4 is 4.90 Å². The molecule has 2 fully saturated rings. The molecule has 5 heteroatoms. The number of carbonyl (C=O) groups is 1. The summed E-state index contributed by atoms with van der Waals surface area (Å²) in [6, 6.07) is 19.3. The van der Waals surface area contributed by atoms with E-state index in [9.17, 15) is 4.79 Å². The first-order chi connectivity index (χ1) is 14.6. The molecule has 2 saturated heterocycles. The Morgan fingerprint density at radius 3 is 2.23 bits per heavy atom. The van der Waals surface area contributed by atoms with E-state index in [-0.39, 0.29) is 6.04 Å². The van der Waals surface area contributed by atoms with E-state index >= 15 is 0 Å². The molecule has 4 rings (SSSR count). The lowest BCUT2D eigenvalue weighted by Crippen LogP contribution is -2.57. The third kappa shape index (κ3) is 5.02. The highest BCUT2D eigenvalue weighted by Gasteiger charge is 2.30. The SMILES string of the molecule is Cc1cccc(N2CCN(C(C)C(=O)N3CCN(Cc4ccccc4)CC3)CC2)c1. The van der Waals surface area contributed by atoms with Crippen molar-refractivity contribution in [3.05, 3.63) is 65.7 Å². The van der Waals surface area contributed by atoms with Gasteiger partial charge in [-0.05, 0) is 37.1 Å². The summed E-state index contributed by atoms with van der Waals surface area (Å²) in [5.74, 6) is 0.290. The number of piperazine rings is 2. The van der Waals surface area contributed by atoms with Crippen LogP contribution in [-0.2, 0) is 11.3 Å². The van der Waals surface area contributed by atoms with Gasteiger partial charge in [0.2, 0.25) is 5.91 Å². The minimum Gasteiger partial charge on any atom is -0.369 e. The molecule has 2 aromatic rings. The van der Waals surface area contributed by atoms with Crippen molar-refractivity contribution in [2.45, 2.75) is 26.4 Å². The number of hydrogen-bond acceptors (Lipinski definition) is 4. The predicted molar refractivity (Wildman–Crippen MR) is 123 cm³/mol. The summed E-state index contributed by atoms with van der Waals surface area (Å²) in [6.45, 7) is 12.6. The summed E-state index contributed by atoms with van der Waals surface area (Å²) in [5.41, 5.74) is 3.94. The van der Waals surface area contributed by atoms with Crippen LogP contribution in [-0.4, -0.2) is 79.0 Å². The number of benzene rings is 2. The maximum absolute atomic E-state index is 13.1. The Balaban J connectivity index is 1.24. The average molecular weight is 407 g/mol. The van der Waals surface area contributed by atoms with Gasteiger partial charge in [-0.3, -0.25) is 14.6 Å². The fraction of sp³-hybridized carbons (Fsp3) is 0.480. The zero-order chi connectivity index (χ0) is 20.9. The number of hydrogen-bond donors (Lipinski definition) is 0. The van der Waals surface area contributed by atoms with Crippen LogP contribution in [0.5, 0.6) is 0 Å². The summed E-state index contributed by atoms with van der Waals surface area (Å²) in [7, 11) is 0. The van der Waals surface area contributed by atoms with Crippen LogP contribution in [0.2, 0.25) is 0 Å². The largest absolute Gasteiger partial charge is 0.369 e.